The average Bonchev–Trinajstić information content (AvgIpc) is 3.61. The number of carbonyl (C=O) groups excluding carboxylic acids is 1. The van der Waals surface area contributed by atoms with Crippen LogP contribution in [0.4, 0.5) is 0 Å². The number of aryl methyl sites for hydroxylation is 1. The van der Waals surface area contributed by atoms with E-state index in [0.717, 1.165) is 74.1 Å². The van der Waals surface area contributed by atoms with Crippen molar-refractivity contribution in [2.45, 2.75) is 57.6 Å². The van der Waals surface area contributed by atoms with Gasteiger partial charge in [-0.1, -0.05) is 12.1 Å². The fourth-order valence-electron chi connectivity index (χ4n) is 4.74. The normalized spacial score (nSPS) is 17.6. The van der Waals surface area contributed by atoms with Crippen molar-refractivity contribution in [3.05, 3.63) is 69.2 Å². The summed E-state index contributed by atoms with van der Waals surface area (Å²) in [6.45, 7) is 2.52. The molecular formula is C26H31N3O3S. The maximum atomic E-state index is 13.6. The monoisotopic (exact) mass is 465 g/mol. The molecule has 0 unspecified atom stereocenters. The van der Waals surface area contributed by atoms with Gasteiger partial charge in [0, 0.05) is 37.4 Å². The smallest absolute Gasteiger partial charge is 0.275 e. The van der Waals surface area contributed by atoms with Gasteiger partial charge in [0.05, 0.1) is 12.7 Å². The Morgan fingerprint density at radius 3 is 3.00 bits per heavy atom. The van der Waals surface area contributed by atoms with E-state index in [9.17, 15) is 4.79 Å². The van der Waals surface area contributed by atoms with Crippen molar-refractivity contribution in [2.24, 2.45) is 0 Å². The molecule has 1 amide bonds. The molecule has 33 heavy (non-hydrogen) atoms. The van der Waals surface area contributed by atoms with Gasteiger partial charge >= 0.3 is 0 Å². The molecule has 1 atom stereocenters. The molecule has 0 radical (unpaired) electrons. The molecule has 3 aromatic rings. The number of fused-ring (bicyclic) bond motifs is 1. The Kier molecular flexibility index (Phi) is 7.07. The van der Waals surface area contributed by atoms with Gasteiger partial charge in [-0.05, 0) is 78.6 Å². The molecule has 1 aliphatic heterocycles. The summed E-state index contributed by atoms with van der Waals surface area (Å²) in [5.74, 6) is 0.832. The maximum Gasteiger partial charge on any atom is 0.275 e. The third kappa shape index (κ3) is 5.47. The number of H-pyrrole nitrogens is 1. The molecule has 1 aliphatic carbocycles. The van der Waals surface area contributed by atoms with Crippen LogP contribution in [0.25, 0.3) is 0 Å². The van der Waals surface area contributed by atoms with Gasteiger partial charge in [0.25, 0.3) is 5.91 Å². The molecule has 0 spiro atoms. The van der Waals surface area contributed by atoms with Gasteiger partial charge in [0.2, 0.25) is 0 Å². The van der Waals surface area contributed by atoms with Gasteiger partial charge in [-0.2, -0.15) is 16.4 Å². The minimum Gasteiger partial charge on any atom is -0.493 e. The molecule has 1 aromatic carbocycles. The van der Waals surface area contributed by atoms with E-state index in [0.29, 0.717) is 25.4 Å². The molecular weight excluding hydrogens is 434 g/mol. The van der Waals surface area contributed by atoms with Gasteiger partial charge in [-0.3, -0.25) is 9.89 Å². The van der Waals surface area contributed by atoms with E-state index in [-0.39, 0.29) is 12.0 Å². The topological polar surface area (TPSA) is 67.5 Å². The van der Waals surface area contributed by atoms with Gasteiger partial charge in [-0.25, -0.2) is 0 Å². The standard InChI is InChI=1S/C26H31N3O3S/c30-26(25-23-8-1-2-9-24(23)27-28-25)29(17-22-7-4-12-31-22)16-20-5-3-6-21(15-20)32-13-10-19-11-14-33-18-19/h3,5-6,11,14-15,18,22H,1-2,4,7-10,12-13,16-17H2,(H,27,28)/t22-/m1/s1. The first-order valence-corrected chi connectivity index (χ1v) is 12.9. The van der Waals surface area contributed by atoms with Gasteiger partial charge in [0.15, 0.2) is 5.69 Å². The van der Waals surface area contributed by atoms with E-state index < -0.39 is 0 Å². The summed E-state index contributed by atoms with van der Waals surface area (Å²) in [6, 6.07) is 10.2. The quantitative estimate of drug-likeness (QED) is 0.493. The Morgan fingerprint density at radius 2 is 2.15 bits per heavy atom. The lowest BCUT2D eigenvalue weighted by Crippen LogP contribution is -2.37. The Hall–Kier alpha value is -2.64. The number of hydrogen-bond acceptors (Lipinski definition) is 5. The predicted molar refractivity (Wildman–Crippen MR) is 129 cm³/mol. The summed E-state index contributed by atoms with van der Waals surface area (Å²) in [6.07, 6.45) is 7.20. The number of aromatic nitrogens is 2. The number of carbonyl (C=O) groups is 1. The predicted octanol–water partition coefficient (Wildman–Crippen LogP) is 4.79. The zero-order valence-electron chi connectivity index (χ0n) is 18.9. The first-order valence-electron chi connectivity index (χ1n) is 12.0. The van der Waals surface area contributed by atoms with Gasteiger partial charge < -0.3 is 14.4 Å². The third-order valence-corrected chi connectivity index (χ3v) is 7.24. The largest absolute Gasteiger partial charge is 0.493 e. The van der Waals surface area contributed by atoms with E-state index in [1.165, 1.54) is 5.56 Å². The second kappa shape index (κ2) is 10.5. The minimum atomic E-state index is -0.00585. The zero-order chi connectivity index (χ0) is 22.5. The number of ether oxygens (including phenoxy) is 2. The number of aromatic amines is 1. The summed E-state index contributed by atoms with van der Waals surface area (Å²) in [5.41, 5.74) is 5.17. The Bertz CT molecular complexity index is 1060. The fraction of sp³-hybridized carbons (Fsp3) is 0.462. The van der Waals surface area contributed by atoms with E-state index in [2.05, 4.69) is 33.1 Å². The highest BCUT2D eigenvalue weighted by molar-refractivity contribution is 7.07. The fourth-order valence-corrected chi connectivity index (χ4v) is 5.44. The van der Waals surface area contributed by atoms with Gasteiger partial charge in [0.1, 0.15) is 5.75 Å². The average molecular weight is 466 g/mol. The van der Waals surface area contributed by atoms with Crippen LogP contribution in [0.2, 0.25) is 0 Å². The molecule has 0 bridgehead atoms. The Labute approximate surface area is 198 Å². The Morgan fingerprint density at radius 1 is 1.21 bits per heavy atom. The number of amides is 1. The van der Waals surface area contributed by atoms with Crippen LogP contribution >= 0.6 is 11.3 Å². The lowest BCUT2D eigenvalue weighted by Gasteiger charge is -2.26. The summed E-state index contributed by atoms with van der Waals surface area (Å²) < 4.78 is 11.9. The molecule has 6 nitrogen and oxygen atoms in total. The molecule has 174 valence electrons. The number of nitrogens with zero attached hydrogens (tertiary/aromatic N) is 2. The van der Waals surface area contributed by atoms with Crippen molar-refractivity contribution in [3.8, 4) is 5.75 Å². The van der Waals surface area contributed by atoms with Crippen molar-refractivity contribution in [1.82, 2.24) is 15.1 Å². The number of nitrogens with one attached hydrogen (secondary N) is 1. The molecule has 0 saturated carbocycles. The Balaban J connectivity index is 1.29. The highest BCUT2D eigenvalue weighted by Crippen LogP contribution is 2.25. The van der Waals surface area contributed by atoms with E-state index >= 15 is 0 Å². The zero-order valence-corrected chi connectivity index (χ0v) is 19.7. The van der Waals surface area contributed by atoms with Crippen molar-refractivity contribution in [1.29, 1.82) is 0 Å². The number of rotatable bonds is 9. The lowest BCUT2D eigenvalue weighted by atomic mass is 9.95. The van der Waals surface area contributed by atoms with E-state index in [1.807, 2.05) is 23.1 Å². The van der Waals surface area contributed by atoms with Crippen LogP contribution in [0.3, 0.4) is 0 Å². The first-order chi connectivity index (χ1) is 16.3. The van der Waals surface area contributed by atoms with Crippen LogP contribution in [-0.4, -0.2) is 46.9 Å². The first kappa shape index (κ1) is 22.2. The van der Waals surface area contributed by atoms with E-state index in [4.69, 9.17) is 9.47 Å². The second-order valence-electron chi connectivity index (χ2n) is 8.93. The number of hydrogen-bond donors (Lipinski definition) is 1. The number of thiophene rings is 1. The van der Waals surface area contributed by atoms with Crippen LogP contribution in [0.5, 0.6) is 5.75 Å². The molecule has 3 heterocycles. The van der Waals surface area contributed by atoms with Gasteiger partial charge in [-0.15, -0.1) is 0 Å². The maximum absolute atomic E-state index is 13.6. The van der Waals surface area contributed by atoms with Crippen molar-refractivity contribution < 1.29 is 14.3 Å². The highest BCUT2D eigenvalue weighted by Gasteiger charge is 2.28. The molecule has 2 aliphatic rings. The van der Waals surface area contributed by atoms with Crippen molar-refractivity contribution in [2.75, 3.05) is 19.8 Å². The summed E-state index contributed by atoms with van der Waals surface area (Å²) in [4.78, 5) is 15.5. The minimum absolute atomic E-state index is 0.00585. The molecule has 1 saturated heterocycles. The van der Waals surface area contributed by atoms with Crippen LogP contribution in [0, 0.1) is 0 Å². The SMILES string of the molecule is O=C(c1n[nH]c2c1CCCC2)N(Cc1cccc(OCCc2ccsc2)c1)C[C@H]1CCCO1. The molecule has 7 heteroatoms. The summed E-state index contributed by atoms with van der Waals surface area (Å²) in [5, 5.41) is 11.8. The van der Waals surface area contributed by atoms with Crippen LogP contribution < -0.4 is 4.74 Å². The highest BCUT2D eigenvalue weighted by atomic mass is 32.1. The number of benzene rings is 1. The van der Waals surface area contributed by atoms with Crippen molar-refractivity contribution >= 4 is 17.2 Å². The second-order valence-corrected chi connectivity index (χ2v) is 9.71. The van der Waals surface area contributed by atoms with Crippen LogP contribution in [-0.2, 0) is 30.5 Å². The third-order valence-electron chi connectivity index (χ3n) is 6.51. The lowest BCUT2D eigenvalue weighted by molar-refractivity contribution is 0.0501. The summed E-state index contributed by atoms with van der Waals surface area (Å²) >= 11 is 1.71. The van der Waals surface area contributed by atoms with Crippen LogP contribution in [0.15, 0.2) is 41.1 Å². The molecule has 1 fully saturated rings. The van der Waals surface area contributed by atoms with Crippen molar-refractivity contribution in [3.63, 3.8) is 0 Å². The molecule has 5 rings (SSSR count). The molecule has 2 aromatic heterocycles. The van der Waals surface area contributed by atoms with Crippen LogP contribution in [0.1, 0.15) is 58.6 Å². The van der Waals surface area contributed by atoms with E-state index in [1.54, 1.807) is 11.3 Å². The summed E-state index contributed by atoms with van der Waals surface area (Å²) in [7, 11) is 0. The molecule has 1 N–H and O–H groups in total.